The maximum absolute atomic E-state index is 6.89. The summed E-state index contributed by atoms with van der Waals surface area (Å²) >= 11 is 5.95. The number of hydrogen-bond acceptors (Lipinski definition) is 2. The molecular weight excluding hydrogens is 210 g/mol. The molecule has 2 N–H and O–H groups in total. The zero-order valence-corrected chi connectivity index (χ0v) is 9.01. The highest BCUT2D eigenvalue weighted by Gasteiger charge is 2.13. The molecule has 0 aliphatic carbocycles. The third-order valence-corrected chi connectivity index (χ3v) is 2.80. The van der Waals surface area contributed by atoms with Gasteiger partial charge in [0.15, 0.2) is 0 Å². The van der Waals surface area contributed by atoms with Crippen molar-refractivity contribution in [2.75, 3.05) is 18.4 Å². The molecule has 1 aliphatic rings. The number of nitrogens with one attached hydrogen (secondary N) is 2. The molecule has 0 radical (unpaired) electrons. The number of anilines is 1. The van der Waals surface area contributed by atoms with Crippen molar-refractivity contribution in [2.24, 2.45) is 0 Å². The second-order valence-corrected chi connectivity index (χ2v) is 4.02. The van der Waals surface area contributed by atoms with Crippen molar-refractivity contribution in [1.82, 2.24) is 5.32 Å². The van der Waals surface area contributed by atoms with Crippen molar-refractivity contribution in [1.29, 1.82) is 0 Å². The summed E-state index contributed by atoms with van der Waals surface area (Å²) < 4.78 is 0. The largest absolute Gasteiger partial charge is 0.381 e. The fourth-order valence-electron chi connectivity index (χ4n) is 1.70. The molecule has 1 saturated heterocycles. The summed E-state index contributed by atoms with van der Waals surface area (Å²) in [6.07, 6.45) is 1.13. The van der Waals surface area contributed by atoms with E-state index in [2.05, 4.69) is 15.5 Å². The van der Waals surface area contributed by atoms with Crippen LogP contribution in [0.25, 0.3) is 4.85 Å². The Morgan fingerprint density at radius 2 is 2.40 bits per heavy atom. The highest BCUT2D eigenvalue weighted by atomic mass is 35.5. The van der Waals surface area contributed by atoms with Crippen LogP contribution in [-0.2, 0) is 0 Å². The van der Waals surface area contributed by atoms with Gasteiger partial charge in [0.1, 0.15) is 0 Å². The first-order valence-electron chi connectivity index (χ1n) is 4.94. The molecule has 1 heterocycles. The normalized spacial score (nSPS) is 19.9. The van der Waals surface area contributed by atoms with Crippen molar-refractivity contribution >= 4 is 23.0 Å². The second kappa shape index (κ2) is 4.52. The van der Waals surface area contributed by atoms with Gasteiger partial charge in [-0.1, -0.05) is 17.7 Å². The number of hydrogen-bond donors (Lipinski definition) is 2. The third-order valence-electron chi connectivity index (χ3n) is 2.50. The van der Waals surface area contributed by atoms with E-state index in [1.54, 1.807) is 6.07 Å². The standard InChI is InChI=1S/C11H12ClN3/c1-13-11-3-2-8(6-10(11)12)15-9-4-5-14-7-9/h2-3,6,9,14-15H,4-5,7H2/t9-/m0/s1. The Morgan fingerprint density at radius 3 is 3.00 bits per heavy atom. The molecule has 1 aromatic rings. The summed E-state index contributed by atoms with van der Waals surface area (Å²) in [7, 11) is 0. The molecule has 1 fully saturated rings. The van der Waals surface area contributed by atoms with Gasteiger partial charge in [0, 0.05) is 23.3 Å². The van der Waals surface area contributed by atoms with Gasteiger partial charge in [-0.3, -0.25) is 0 Å². The molecule has 0 bridgehead atoms. The maximum atomic E-state index is 6.89. The first-order chi connectivity index (χ1) is 7.29. The van der Waals surface area contributed by atoms with Crippen LogP contribution in [0.4, 0.5) is 11.4 Å². The lowest BCUT2D eigenvalue weighted by atomic mass is 10.2. The van der Waals surface area contributed by atoms with Gasteiger partial charge < -0.3 is 10.6 Å². The third kappa shape index (κ3) is 2.41. The van der Waals surface area contributed by atoms with Gasteiger partial charge in [-0.2, -0.15) is 0 Å². The summed E-state index contributed by atoms with van der Waals surface area (Å²) in [5, 5.41) is 7.18. The van der Waals surface area contributed by atoms with Crippen molar-refractivity contribution < 1.29 is 0 Å². The minimum atomic E-state index is 0.472. The van der Waals surface area contributed by atoms with Gasteiger partial charge in [0.05, 0.1) is 6.57 Å². The van der Waals surface area contributed by atoms with Crippen LogP contribution in [0.1, 0.15) is 6.42 Å². The molecule has 0 unspecified atom stereocenters. The summed E-state index contributed by atoms with van der Waals surface area (Å²) in [5.74, 6) is 0. The Balaban J connectivity index is 2.09. The van der Waals surface area contributed by atoms with E-state index in [0.29, 0.717) is 16.8 Å². The van der Waals surface area contributed by atoms with Crippen LogP contribution in [0, 0.1) is 6.57 Å². The van der Waals surface area contributed by atoms with E-state index in [-0.39, 0.29) is 0 Å². The zero-order chi connectivity index (χ0) is 10.7. The second-order valence-electron chi connectivity index (χ2n) is 3.61. The summed E-state index contributed by atoms with van der Waals surface area (Å²) in [5.41, 5.74) is 1.49. The van der Waals surface area contributed by atoms with Crippen LogP contribution in [0.2, 0.25) is 5.02 Å². The Bertz CT molecular complexity index is 391. The van der Waals surface area contributed by atoms with Crippen molar-refractivity contribution in [3.05, 3.63) is 34.6 Å². The molecule has 0 saturated carbocycles. The molecule has 4 heteroatoms. The molecule has 1 aliphatic heterocycles. The van der Waals surface area contributed by atoms with Gasteiger partial charge >= 0.3 is 0 Å². The van der Waals surface area contributed by atoms with Crippen molar-refractivity contribution in [3.8, 4) is 0 Å². The van der Waals surface area contributed by atoms with Crippen LogP contribution < -0.4 is 10.6 Å². The molecule has 2 rings (SSSR count). The van der Waals surface area contributed by atoms with E-state index in [9.17, 15) is 0 Å². The minimum absolute atomic E-state index is 0.472. The Morgan fingerprint density at radius 1 is 1.53 bits per heavy atom. The molecule has 15 heavy (non-hydrogen) atoms. The Kier molecular flexibility index (Phi) is 3.10. The fourth-order valence-corrected chi connectivity index (χ4v) is 1.92. The van der Waals surface area contributed by atoms with E-state index in [0.717, 1.165) is 25.2 Å². The topological polar surface area (TPSA) is 28.4 Å². The van der Waals surface area contributed by atoms with E-state index in [1.807, 2.05) is 12.1 Å². The molecule has 0 amide bonds. The fraction of sp³-hybridized carbons (Fsp3) is 0.364. The lowest BCUT2D eigenvalue weighted by molar-refractivity contribution is 0.793. The average Bonchev–Trinajstić information content (AvgIpc) is 2.71. The molecule has 3 nitrogen and oxygen atoms in total. The molecule has 0 aromatic heterocycles. The van der Waals surface area contributed by atoms with E-state index < -0.39 is 0 Å². The number of halogens is 1. The summed E-state index contributed by atoms with van der Waals surface area (Å²) in [6, 6.07) is 5.94. The molecule has 1 atom stereocenters. The SMILES string of the molecule is [C-]#[N+]c1ccc(N[C@H]2CCNC2)cc1Cl. The smallest absolute Gasteiger partial charge is 0.205 e. The minimum Gasteiger partial charge on any atom is -0.381 e. The average molecular weight is 222 g/mol. The maximum Gasteiger partial charge on any atom is 0.205 e. The number of benzene rings is 1. The number of rotatable bonds is 2. The van der Waals surface area contributed by atoms with Crippen LogP contribution in [0.3, 0.4) is 0 Å². The lowest BCUT2D eigenvalue weighted by Crippen LogP contribution is -2.21. The lowest BCUT2D eigenvalue weighted by Gasteiger charge is -2.13. The predicted molar refractivity (Wildman–Crippen MR) is 62.6 cm³/mol. The van der Waals surface area contributed by atoms with Crippen molar-refractivity contribution in [2.45, 2.75) is 12.5 Å². The van der Waals surface area contributed by atoms with Crippen LogP contribution >= 0.6 is 11.6 Å². The highest BCUT2D eigenvalue weighted by Crippen LogP contribution is 2.28. The van der Waals surface area contributed by atoms with E-state index in [1.165, 1.54) is 0 Å². The predicted octanol–water partition coefficient (Wildman–Crippen LogP) is 2.66. The van der Waals surface area contributed by atoms with Gasteiger partial charge in [-0.25, -0.2) is 4.85 Å². The van der Waals surface area contributed by atoms with E-state index >= 15 is 0 Å². The summed E-state index contributed by atoms with van der Waals surface area (Å²) in [4.78, 5) is 3.32. The molecular formula is C11H12ClN3. The molecule has 1 aromatic carbocycles. The van der Waals surface area contributed by atoms with Crippen LogP contribution in [0.15, 0.2) is 18.2 Å². The van der Waals surface area contributed by atoms with E-state index in [4.69, 9.17) is 18.2 Å². The first-order valence-corrected chi connectivity index (χ1v) is 5.31. The summed E-state index contributed by atoms with van der Waals surface area (Å²) in [6.45, 7) is 8.94. The first kappa shape index (κ1) is 10.3. The monoisotopic (exact) mass is 221 g/mol. The highest BCUT2D eigenvalue weighted by molar-refractivity contribution is 6.33. The molecule has 78 valence electrons. The number of nitrogens with zero attached hydrogens (tertiary/aromatic N) is 1. The molecule has 0 spiro atoms. The zero-order valence-electron chi connectivity index (χ0n) is 8.26. The van der Waals surface area contributed by atoms with Crippen molar-refractivity contribution in [3.63, 3.8) is 0 Å². The van der Waals surface area contributed by atoms with Gasteiger partial charge in [-0.15, -0.1) is 0 Å². The van der Waals surface area contributed by atoms with Gasteiger partial charge in [0.2, 0.25) is 5.69 Å². The van der Waals surface area contributed by atoms with Gasteiger partial charge in [0.25, 0.3) is 0 Å². The van der Waals surface area contributed by atoms with Gasteiger partial charge in [-0.05, 0) is 25.1 Å². The van der Waals surface area contributed by atoms with Crippen LogP contribution in [0.5, 0.6) is 0 Å². The Labute approximate surface area is 94.3 Å². The van der Waals surface area contributed by atoms with Crippen LogP contribution in [-0.4, -0.2) is 19.1 Å². The quantitative estimate of drug-likeness (QED) is 0.752. The Hall–Kier alpha value is -1.24.